The van der Waals surface area contributed by atoms with Crippen LogP contribution < -0.4 is 10.7 Å². The summed E-state index contributed by atoms with van der Waals surface area (Å²) in [4.78, 5) is 23.2. The summed E-state index contributed by atoms with van der Waals surface area (Å²) in [6.45, 7) is 0. The van der Waals surface area contributed by atoms with E-state index in [0.29, 0.717) is 5.56 Å². The number of carbonyl (C=O) groups excluding carboxylic acids is 2. The summed E-state index contributed by atoms with van der Waals surface area (Å²) >= 11 is 0. The smallest absolute Gasteiger partial charge is 0.249 e. The van der Waals surface area contributed by atoms with E-state index in [4.69, 9.17) is 5.11 Å². The summed E-state index contributed by atoms with van der Waals surface area (Å²) in [7, 11) is 0. The Labute approximate surface area is 131 Å². The van der Waals surface area contributed by atoms with Crippen molar-refractivity contribution in [2.45, 2.75) is 6.42 Å². The van der Waals surface area contributed by atoms with Gasteiger partial charge in [-0.1, -0.05) is 12.1 Å². The molecule has 0 unspecified atom stereocenters. The van der Waals surface area contributed by atoms with Gasteiger partial charge in [0, 0.05) is 0 Å². The van der Waals surface area contributed by atoms with Crippen molar-refractivity contribution in [3.05, 3.63) is 59.9 Å². The van der Waals surface area contributed by atoms with Gasteiger partial charge in [-0.3, -0.25) is 9.59 Å². The van der Waals surface area contributed by atoms with Gasteiger partial charge in [0.25, 0.3) is 0 Å². The maximum absolute atomic E-state index is 13.3. The molecule has 2 amide bonds. The number of aromatic hydroxyl groups is 1. The van der Waals surface area contributed by atoms with Crippen LogP contribution in [0.1, 0.15) is 12.0 Å². The first-order valence-corrected chi connectivity index (χ1v) is 6.70. The molecule has 0 saturated heterocycles. The van der Waals surface area contributed by atoms with E-state index in [1.54, 1.807) is 18.2 Å². The van der Waals surface area contributed by atoms with Crippen molar-refractivity contribution in [2.24, 2.45) is 5.10 Å². The molecule has 0 spiro atoms. The molecule has 0 fully saturated rings. The molecule has 23 heavy (non-hydrogen) atoms. The van der Waals surface area contributed by atoms with Gasteiger partial charge < -0.3 is 10.4 Å². The molecule has 0 atom stereocenters. The van der Waals surface area contributed by atoms with E-state index in [-0.39, 0.29) is 11.4 Å². The molecule has 3 N–H and O–H groups in total. The van der Waals surface area contributed by atoms with Gasteiger partial charge in [0.15, 0.2) is 0 Å². The second kappa shape index (κ2) is 7.69. The Morgan fingerprint density at radius 1 is 1.09 bits per heavy atom. The highest BCUT2D eigenvalue weighted by molar-refractivity contribution is 6.03. The first-order chi connectivity index (χ1) is 11.0. The van der Waals surface area contributed by atoms with Crippen molar-refractivity contribution >= 4 is 23.7 Å². The number of hydrogen-bond donors (Lipinski definition) is 3. The number of hydrazone groups is 1. The van der Waals surface area contributed by atoms with Gasteiger partial charge in [-0.25, -0.2) is 9.82 Å². The predicted octanol–water partition coefficient (Wildman–Crippen LogP) is 2.01. The fourth-order valence-electron chi connectivity index (χ4n) is 1.68. The third kappa shape index (κ3) is 5.24. The predicted molar refractivity (Wildman–Crippen MR) is 83.5 cm³/mol. The molecule has 0 aliphatic rings. The van der Waals surface area contributed by atoms with Crippen LogP contribution in [0.15, 0.2) is 53.6 Å². The van der Waals surface area contributed by atoms with E-state index in [2.05, 4.69) is 15.8 Å². The lowest BCUT2D eigenvalue weighted by molar-refractivity contribution is -0.126. The monoisotopic (exact) mass is 315 g/mol. The molecule has 2 aromatic carbocycles. The van der Waals surface area contributed by atoms with Gasteiger partial charge in [-0.15, -0.1) is 0 Å². The third-order valence-corrected chi connectivity index (χ3v) is 2.77. The largest absolute Gasteiger partial charge is 0.508 e. The standard InChI is InChI=1S/C16H14FN3O3/c17-13-3-1-2-4-14(13)19-15(22)9-16(23)20-18-10-11-5-7-12(21)8-6-11/h1-8,10,21H,9H2,(H,19,22)(H,20,23)/b18-10+. The van der Waals surface area contributed by atoms with Gasteiger partial charge in [0.2, 0.25) is 11.8 Å². The molecule has 0 aromatic heterocycles. The number of phenolic OH excluding ortho intramolecular Hbond substituents is 1. The topological polar surface area (TPSA) is 90.8 Å². The van der Waals surface area contributed by atoms with Crippen LogP contribution in [0.25, 0.3) is 0 Å². The molecular formula is C16H14FN3O3. The fourth-order valence-corrected chi connectivity index (χ4v) is 1.68. The van der Waals surface area contributed by atoms with E-state index >= 15 is 0 Å². The Bertz CT molecular complexity index is 730. The Hall–Kier alpha value is -3.22. The van der Waals surface area contributed by atoms with E-state index in [0.717, 1.165) is 0 Å². The highest BCUT2D eigenvalue weighted by Crippen LogP contribution is 2.12. The van der Waals surface area contributed by atoms with Gasteiger partial charge in [-0.05, 0) is 42.0 Å². The average molecular weight is 315 g/mol. The van der Waals surface area contributed by atoms with Crippen LogP contribution >= 0.6 is 0 Å². The number of nitrogens with one attached hydrogen (secondary N) is 2. The zero-order valence-corrected chi connectivity index (χ0v) is 12.0. The fraction of sp³-hybridized carbons (Fsp3) is 0.0625. The summed E-state index contributed by atoms with van der Waals surface area (Å²) in [5.74, 6) is -1.73. The van der Waals surface area contributed by atoms with E-state index in [9.17, 15) is 14.0 Å². The molecule has 2 aromatic rings. The van der Waals surface area contributed by atoms with Crippen molar-refractivity contribution < 1.29 is 19.1 Å². The first kappa shape index (κ1) is 16.2. The second-order valence-electron chi connectivity index (χ2n) is 4.59. The summed E-state index contributed by atoms with van der Waals surface area (Å²) < 4.78 is 13.3. The molecule has 0 bridgehead atoms. The minimum atomic E-state index is -0.646. The molecule has 2 rings (SSSR count). The summed E-state index contributed by atoms with van der Waals surface area (Å²) in [5, 5.41) is 15.1. The molecule has 0 heterocycles. The molecule has 0 aliphatic carbocycles. The van der Waals surface area contributed by atoms with Crippen molar-refractivity contribution in [3.8, 4) is 5.75 Å². The second-order valence-corrected chi connectivity index (χ2v) is 4.59. The molecule has 0 aliphatic heterocycles. The molecule has 0 saturated carbocycles. The maximum atomic E-state index is 13.3. The van der Waals surface area contributed by atoms with E-state index in [1.807, 2.05) is 0 Å². The lowest BCUT2D eigenvalue weighted by Gasteiger charge is -2.05. The number of halogens is 1. The van der Waals surface area contributed by atoms with Crippen molar-refractivity contribution in [3.63, 3.8) is 0 Å². The van der Waals surface area contributed by atoms with Crippen molar-refractivity contribution in [1.29, 1.82) is 0 Å². The first-order valence-electron chi connectivity index (χ1n) is 6.70. The molecule has 6 nitrogen and oxygen atoms in total. The lowest BCUT2D eigenvalue weighted by atomic mass is 10.2. The van der Waals surface area contributed by atoms with Crippen LogP contribution in [-0.2, 0) is 9.59 Å². The molecule has 7 heteroatoms. The lowest BCUT2D eigenvalue weighted by Crippen LogP contribution is -2.24. The van der Waals surface area contributed by atoms with E-state index in [1.165, 1.54) is 36.5 Å². The maximum Gasteiger partial charge on any atom is 0.249 e. The van der Waals surface area contributed by atoms with Crippen LogP contribution in [-0.4, -0.2) is 23.1 Å². The molecular weight excluding hydrogens is 301 g/mol. The van der Waals surface area contributed by atoms with Crippen LogP contribution in [0.3, 0.4) is 0 Å². The minimum Gasteiger partial charge on any atom is -0.508 e. The van der Waals surface area contributed by atoms with Crippen LogP contribution in [0, 0.1) is 5.82 Å². The number of amides is 2. The van der Waals surface area contributed by atoms with Crippen LogP contribution in [0.2, 0.25) is 0 Å². The summed E-state index contributed by atoms with van der Waals surface area (Å²) in [5.41, 5.74) is 2.87. The zero-order chi connectivity index (χ0) is 16.7. The van der Waals surface area contributed by atoms with Crippen molar-refractivity contribution in [1.82, 2.24) is 5.43 Å². The number of nitrogens with zero attached hydrogens (tertiary/aromatic N) is 1. The van der Waals surface area contributed by atoms with Gasteiger partial charge in [0.1, 0.15) is 18.0 Å². The zero-order valence-electron chi connectivity index (χ0n) is 12.0. The minimum absolute atomic E-state index is 0.0119. The number of phenols is 1. The van der Waals surface area contributed by atoms with Gasteiger partial charge >= 0.3 is 0 Å². The average Bonchev–Trinajstić information content (AvgIpc) is 2.51. The number of anilines is 1. The normalized spacial score (nSPS) is 10.5. The number of benzene rings is 2. The summed E-state index contributed by atoms with van der Waals surface area (Å²) in [6.07, 6.45) is 0.882. The van der Waals surface area contributed by atoms with Crippen molar-refractivity contribution in [2.75, 3.05) is 5.32 Å². The Morgan fingerprint density at radius 3 is 2.48 bits per heavy atom. The highest BCUT2D eigenvalue weighted by Gasteiger charge is 2.10. The quantitative estimate of drug-likeness (QED) is 0.448. The Kier molecular flexibility index (Phi) is 5.40. The summed E-state index contributed by atoms with van der Waals surface area (Å²) in [6, 6.07) is 11.8. The molecule has 118 valence electrons. The number of para-hydroxylation sites is 1. The number of hydrogen-bond acceptors (Lipinski definition) is 4. The van der Waals surface area contributed by atoms with Crippen LogP contribution in [0.4, 0.5) is 10.1 Å². The molecule has 0 radical (unpaired) electrons. The Balaban J connectivity index is 1.81. The van der Waals surface area contributed by atoms with Gasteiger partial charge in [0.05, 0.1) is 11.9 Å². The Morgan fingerprint density at radius 2 is 1.78 bits per heavy atom. The highest BCUT2D eigenvalue weighted by atomic mass is 19.1. The number of carbonyl (C=O) groups is 2. The third-order valence-electron chi connectivity index (χ3n) is 2.77. The van der Waals surface area contributed by atoms with Gasteiger partial charge in [-0.2, -0.15) is 5.10 Å². The van der Waals surface area contributed by atoms with E-state index < -0.39 is 24.1 Å². The number of rotatable bonds is 5. The SMILES string of the molecule is O=C(CC(=O)Nc1ccccc1F)N/N=C/c1ccc(O)cc1. The van der Waals surface area contributed by atoms with Crippen LogP contribution in [0.5, 0.6) is 5.75 Å².